The van der Waals surface area contributed by atoms with Gasteiger partial charge in [-0.15, -0.1) is 0 Å². The van der Waals surface area contributed by atoms with Gasteiger partial charge in [-0.2, -0.15) is 0 Å². The molecule has 3 heteroatoms. The maximum Gasteiger partial charge on any atom is 0.177 e. The number of aryl methyl sites for hydroxylation is 4. The van der Waals surface area contributed by atoms with Crippen molar-refractivity contribution in [3.8, 4) is 0 Å². The molecule has 1 nitrogen and oxygen atoms in total. The lowest BCUT2D eigenvalue weighted by Crippen LogP contribution is -2.47. The fourth-order valence-electron chi connectivity index (χ4n) is 3.73. The molecule has 0 saturated carbocycles. The first-order valence-electron chi connectivity index (χ1n) is 9.30. The summed E-state index contributed by atoms with van der Waals surface area (Å²) in [6, 6.07) is 15.9. The van der Waals surface area contributed by atoms with Gasteiger partial charge in [0.05, 0.1) is 0 Å². The Morgan fingerprint density at radius 2 is 1.32 bits per heavy atom. The summed E-state index contributed by atoms with van der Waals surface area (Å²) < 4.78 is 6.87. The van der Waals surface area contributed by atoms with Crippen molar-refractivity contribution >= 4 is 16.6 Å². The van der Waals surface area contributed by atoms with E-state index in [1.54, 1.807) is 0 Å². The second-order valence-corrected chi connectivity index (χ2v) is 17.4. The smallest absolute Gasteiger partial charge is 0.177 e. The summed E-state index contributed by atoms with van der Waals surface area (Å²) in [6.45, 7) is 18.3. The van der Waals surface area contributed by atoms with Crippen molar-refractivity contribution in [3.63, 3.8) is 0 Å². The molecule has 25 heavy (non-hydrogen) atoms. The lowest BCUT2D eigenvalue weighted by atomic mass is 10.1. The van der Waals surface area contributed by atoms with Crippen LogP contribution in [0.5, 0.6) is 0 Å². The summed E-state index contributed by atoms with van der Waals surface area (Å²) in [5.74, 6) is 0. The van der Waals surface area contributed by atoms with Gasteiger partial charge in [0.1, 0.15) is 0 Å². The van der Waals surface area contributed by atoms with Gasteiger partial charge in [-0.3, -0.25) is 0 Å². The lowest BCUT2D eigenvalue weighted by molar-refractivity contribution is 0.537. The molecule has 0 fully saturated rings. The van der Waals surface area contributed by atoms with E-state index in [2.05, 4.69) is 90.3 Å². The fraction of sp³-hybridized carbons (Fsp3) is 0.455. The monoisotopic (exact) mass is 370 g/mol. The molecule has 0 amide bonds. The molecule has 136 valence electrons. The van der Waals surface area contributed by atoms with Crippen LogP contribution in [0, 0.1) is 27.7 Å². The highest BCUT2D eigenvalue weighted by Gasteiger charge is 2.33. The Balaban J connectivity index is 2.09. The van der Waals surface area contributed by atoms with E-state index in [0.29, 0.717) is 0 Å². The minimum absolute atomic E-state index is 1.09. The number of rotatable bonds is 6. The molecule has 2 aromatic carbocycles. The molecule has 0 aliphatic carbocycles. The zero-order chi connectivity index (χ0) is 18.8. The second-order valence-electron chi connectivity index (χ2n) is 8.82. The van der Waals surface area contributed by atoms with Crippen LogP contribution in [-0.2, 0) is 16.2 Å². The Morgan fingerprint density at radius 3 is 1.92 bits per heavy atom. The Labute approximate surface area is 156 Å². The van der Waals surface area contributed by atoms with Crippen LogP contribution in [-0.4, -0.2) is 16.6 Å². The van der Waals surface area contributed by atoms with E-state index in [9.17, 15) is 0 Å². The normalized spacial score (nSPS) is 12.5. The van der Waals surface area contributed by atoms with Gasteiger partial charge in [-0.1, -0.05) is 42.0 Å². The number of hydrogen-bond donors (Lipinski definition) is 0. The van der Waals surface area contributed by atoms with Crippen LogP contribution in [0.25, 0.3) is 0 Å². The van der Waals surface area contributed by atoms with Crippen LogP contribution in [0.3, 0.4) is 0 Å². The van der Waals surface area contributed by atoms with Gasteiger partial charge in [0.2, 0.25) is 0 Å². The van der Waals surface area contributed by atoms with E-state index < -0.39 is 16.6 Å². The van der Waals surface area contributed by atoms with E-state index >= 15 is 0 Å². The molecule has 0 unspecified atom stereocenters. The predicted octanol–water partition coefficient (Wildman–Crippen LogP) is 6.21. The van der Waals surface area contributed by atoms with Gasteiger partial charge in [-0.25, -0.2) is 0 Å². The van der Waals surface area contributed by atoms with Crippen molar-refractivity contribution in [1.29, 1.82) is 0 Å². The van der Waals surface area contributed by atoms with Crippen molar-refractivity contribution in [3.05, 3.63) is 69.8 Å². The van der Waals surface area contributed by atoms with Crippen LogP contribution < -0.4 is 0 Å². The number of hydrogen-bond acceptors (Lipinski definition) is 1. The van der Waals surface area contributed by atoms with E-state index in [0.717, 1.165) is 12.1 Å². The molecule has 0 N–H and O–H groups in total. The van der Waals surface area contributed by atoms with Gasteiger partial charge in [0.15, 0.2) is 16.6 Å². The highest BCUT2D eigenvalue weighted by molar-refractivity contribution is 6.84. The standard InChI is InChI=1S/C22H34OSi2/c1-17-9-12-22(20(4)13-17)16-25(7,8)23-24(5,6)15-21-11-10-18(2)19(3)14-21/h9-14H,15-16H2,1-8H3. The van der Waals surface area contributed by atoms with Crippen LogP contribution in [0.1, 0.15) is 33.4 Å². The average molecular weight is 371 g/mol. The summed E-state index contributed by atoms with van der Waals surface area (Å²) in [5.41, 5.74) is 8.38. The molecule has 0 spiro atoms. The minimum atomic E-state index is -1.74. The highest BCUT2D eigenvalue weighted by Crippen LogP contribution is 2.24. The predicted molar refractivity (Wildman–Crippen MR) is 115 cm³/mol. The van der Waals surface area contributed by atoms with Gasteiger partial charge >= 0.3 is 0 Å². The third-order valence-electron chi connectivity index (χ3n) is 4.87. The zero-order valence-electron chi connectivity index (χ0n) is 17.3. The highest BCUT2D eigenvalue weighted by atomic mass is 28.4. The third kappa shape index (κ3) is 5.94. The van der Waals surface area contributed by atoms with Gasteiger partial charge in [0, 0.05) is 0 Å². The Morgan fingerprint density at radius 1 is 0.680 bits per heavy atom. The fourth-order valence-corrected chi connectivity index (χ4v) is 12.8. The summed E-state index contributed by atoms with van der Waals surface area (Å²) in [4.78, 5) is 0. The zero-order valence-corrected chi connectivity index (χ0v) is 19.3. The van der Waals surface area contributed by atoms with Crippen molar-refractivity contribution in [2.75, 3.05) is 0 Å². The lowest BCUT2D eigenvalue weighted by Gasteiger charge is -2.34. The molecule has 0 saturated heterocycles. The van der Waals surface area contributed by atoms with E-state index in [1.165, 1.54) is 33.4 Å². The molecule has 2 rings (SSSR count). The molecule has 0 bridgehead atoms. The molecule has 0 aliphatic heterocycles. The SMILES string of the molecule is Cc1ccc(C[Si](C)(C)O[Si](C)(C)Cc2ccc(C)c(C)c2)c(C)c1. The summed E-state index contributed by atoms with van der Waals surface area (Å²) in [5, 5.41) is 0. The molecule has 2 aromatic rings. The van der Waals surface area contributed by atoms with Crippen molar-refractivity contribution in [2.45, 2.75) is 66.0 Å². The second kappa shape index (κ2) is 7.60. The first-order chi connectivity index (χ1) is 11.5. The largest absolute Gasteiger partial charge is 0.455 e. The van der Waals surface area contributed by atoms with Crippen LogP contribution in [0.2, 0.25) is 26.2 Å². The van der Waals surface area contributed by atoms with E-state index in [4.69, 9.17) is 4.12 Å². The summed E-state index contributed by atoms with van der Waals surface area (Å²) >= 11 is 0. The summed E-state index contributed by atoms with van der Waals surface area (Å²) in [7, 11) is -3.49. The van der Waals surface area contributed by atoms with Crippen LogP contribution >= 0.6 is 0 Å². The molecule has 0 aliphatic rings. The topological polar surface area (TPSA) is 9.23 Å². The number of benzene rings is 2. The Bertz CT molecular complexity index is 748. The van der Waals surface area contributed by atoms with Crippen molar-refractivity contribution in [1.82, 2.24) is 0 Å². The van der Waals surface area contributed by atoms with Gasteiger partial charge < -0.3 is 4.12 Å². The Hall–Kier alpha value is -1.17. The van der Waals surface area contributed by atoms with Crippen molar-refractivity contribution in [2.24, 2.45) is 0 Å². The van der Waals surface area contributed by atoms with Crippen molar-refractivity contribution < 1.29 is 4.12 Å². The molecule has 0 heterocycles. The molecule has 0 atom stereocenters. The van der Waals surface area contributed by atoms with E-state index in [-0.39, 0.29) is 0 Å². The van der Waals surface area contributed by atoms with Crippen LogP contribution in [0.15, 0.2) is 36.4 Å². The maximum absolute atomic E-state index is 6.87. The van der Waals surface area contributed by atoms with E-state index in [1.807, 2.05) is 0 Å². The maximum atomic E-state index is 6.87. The molecule has 0 aromatic heterocycles. The molecule has 0 radical (unpaired) electrons. The van der Waals surface area contributed by atoms with Crippen LogP contribution in [0.4, 0.5) is 0 Å². The average Bonchev–Trinajstić information content (AvgIpc) is 2.44. The van der Waals surface area contributed by atoms with Gasteiger partial charge in [-0.05, 0) is 93.8 Å². The summed E-state index contributed by atoms with van der Waals surface area (Å²) in [6.07, 6.45) is 0. The first kappa shape index (κ1) is 20.1. The molecular weight excluding hydrogens is 336 g/mol. The molecular formula is C22H34OSi2. The third-order valence-corrected chi connectivity index (χ3v) is 11.8. The first-order valence-corrected chi connectivity index (χ1v) is 15.5. The van der Waals surface area contributed by atoms with Gasteiger partial charge in [0.25, 0.3) is 0 Å². The Kier molecular flexibility index (Phi) is 6.13. The minimum Gasteiger partial charge on any atom is -0.455 e. The quantitative estimate of drug-likeness (QED) is 0.549.